The van der Waals surface area contributed by atoms with Crippen molar-refractivity contribution in [1.29, 1.82) is 0 Å². The topological polar surface area (TPSA) is 40.6 Å². The maximum absolute atomic E-state index is 12.8. The van der Waals surface area contributed by atoms with Crippen molar-refractivity contribution in [3.05, 3.63) is 34.9 Å². The molecule has 2 aliphatic rings. The molecule has 1 aromatic carbocycles. The Morgan fingerprint density at radius 3 is 2.41 bits per heavy atom. The molecule has 2 fully saturated rings. The Labute approximate surface area is 132 Å². The second-order valence-corrected chi connectivity index (χ2v) is 6.56. The zero-order valence-electron chi connectivity index (χ0n) is 13.5. The molecule has 0 aromatic heterocycles. The number of hydrogen-bond acceptors (Lipinski definition) is 2. The minimum absolute atomic E-state index is 0.0990. The third-order valence-corrected chi connectivity index (χ3v) is 4.64. The van der Waals surface area contributed by atoms with Gasteiger partial charge >= 0.3 is 0 Å². The van der Waals surface area contributed by atoms with Crippen LogP contribution in [0.15, 0.2) is 18.2 Å². The van der Waals surface area contributed by atoms with E-state index in [9.17, 15) is 9.59 Å². The van der Waals surface area contributed by atoms with Crippen molar-refractivity contribution >= 4 is 11.8 Å². The van der Waals surface area contributed by atoms with Crippen molar-refractivity contribution in [1.82, 2.24) is 9.80 Å². The molecule has 1 saturated heterocycles. The lowest BCUT2D eigenvalue weighted by Crippen LogP contribution is -2.38. The van der Waals surface area contributed by atoms with Crippen LogP contribution in [-0.4, -0.2) is 47.8 Å². The van der Waals surface area contributed by atoms with Gasteiger partial charge in [-0.15, -0.1) is 0 Å². The van der Waals surface area contributed by atoms with Gasteiger partial charge < -0.3 is 9.80 Å². The first-order chi connectivity index (χ1) is 10.6. The molecule has 3 rings (SSSR count). The lowest BCUT2D eigenvalue weighted by molar-refractivity contribution is -0.132. The summed E-state index contributed by atoms with van der Waals surface area (Å²) in [6.07, 6.45) is 2.95. The zero-order chi connectivity index (χ0) is 15.7. The number of benzene rings is 1. The minimum atomic E-state index is 0.0990. The Morgan fingerprint density at radius 2 is 1.68 bits per heavy atom. The first-order valence-electron chi connectivity index (χ1n) is 8.21. The average molecular weight is 300 g/mol. The van der Waals surface area contributed by atoms with Gasteiger partial charge in [0.15, 0.2) is 0 Å². The number of carbonyl (C=O) groups excluding carboxylic acids is 2. The largest absolute Gasteiger partial charge is 0.341 e. The van der Waals surface area contributed by atoms with Crippen LogP contribution < -0.4 is 0 Å². The molecule has 22 heavy (non-hydrogen) atoms. The third kappa shape index (κ3) is 3.16. The predicted molar refractivity (Wildman–Crippen MR) is 85.7 cm³/mol. The van der Waals surface area contributed by atoms with E-state index < -0.39 is 0 Å². The molecule has 0 radical (unpaired) electrons. The van der Waals surface area contributed by atoms with Crippen LogP contribution in [0.3, 0.4) is 0 Å². The smallest absolute Gasteiger partial charge is 0.254 e. The highest BCUT2D eigenvalue weighted by Crippen LogP contribution is 2.31. The standard InChI is InChI=1S/C18H24N2O2/c1-13-4-5-14(2)16(12-13)18(22)20-9-3-8-19(10-11-20)17(21)15-6-7-15/h4-5,12,15H,3,6-11H2,1-2H3. The Morgan fingerprint density at radius 1 is 1.00 bits per heavy atom. The van der Waals surface area contributed by atoms with Gasteiger partial charge in [-0.1, -0.05) is 17.7 Å². The quantitative estimate of drug-likeness (QED) is 0.841. The van der Waals surface area contributed by atoms with Gasteiger partial charge in [-0.2, -0.15) is 0 Å². The van der Waals surface area contributed by atoms with Gasteiger partial charge in [0.25, 0.3) is 5.91 Å². The van der Waals surface area contributed by atoms with Gasteiger partial charge in [0.1, 0.15) is 0 Å². The highest BCUT2D eigenvalue weighted by atomic mass is 16.2. The summed E-state index contributed by atoms with van der Waals surface area (Å²) in [5.41, 5.74) is 2.92. The van der Waals surface area contributed by atoms with Crippen molar-refractivity contribution in [2.45, 2.75) is 33.1 Å². The second-order valence-electron chi connectivity index (χ2n) is 6.56. The van der Waals surface area contributed by atoms with E-state index in [1.165, 1.54) is 0 Å². The molecule has 4 heteroatoms. The SMILES string of the molecule is Cc1ccc(C)c(C(=O)N2CCCN(C(=O)C3CC3)CC2)c1. The fourth-order valence-corrected chi connectivity index (χ4v) is 3.07. The van der Waals surface area contributed by atoms with E-state index in [0.29, 0.717) is 19.0 Å². The van der Waals surface area contributed by atoms with Gasteiger partial charge in [0.2, 0.25) is 5.91 Å². The summed E-state index contributed by atoms with van der Waals surface area (Å²) >= 11 is 0. The molecule has 1 aliphatic carbocycles. The number of aryl methyl sites for hydroxylation is 2. The zero-order valence-corrected chi connectivity index (χ0v) is 13.5. The maximum Gasteiger partial charge on any atom is 0.254 e. The van der Waals surface area contributed by atoms with E-state index in [2.05, 4.69) is 0 Å². The summed E-state index contributed by atoms with van der Waals surface area (Å²) < 4.78 is 0. The second kappa shape index (κ2) is 6.11. The number of amides is 2. The fourth-order valence-electron chi connectivity index (χ4n) is 3.07. The molecule has 2 amide bonds. The molecule has 4 nitrogen and oxygen atoms in total. The number of carbonyl (C=O) groups is 2. The van der Waals surface area contributed by atoms with Crippen molar-refractivity contribution in [2.75, 3.05) is 26.2 Å². The van der Waals surface area contributed by atoms with Gasteiger partial charge in [0, 0.05) is 37.7 Å². The van der Waals surface area contributed by atoms with Crippen LogP contribution >= 0.6 is 0 Å². The molecule has 1 aliphatic heterocycles. The van der Waals surface area contributed by atoms with E-state index in [4.69, 9.17) is 0 Å². The Balaban J connectivity index is 1.68. The number of rotatable bonds is 2. The summed E-state index contributed by atoms with van der Waals surface area (Å²) in [7, 11) is 0. The highest BCUT2D eigenvalue weighted by molar-refractivity contribution is 5.96. The van der Waals surface area contributed by atoms with Gasteiger partial charge in [-0.25, -0.2) is 0 Å². The van der Waals surface area contributed by atoms with E-state index >= 15 is 0 Å². The van der Waals surface area contributed by atoms with Crippen LogP contribution in [0.5, 0.6) is 0 Å². The van der Waals surface area contributed by atoms with Crippen LogP contribution in [0.1, 0.15) is 40.7 Å². The van der Waals surface area contributed by atoms with E-state index in [0.717, 1.165) is 49.0 Å². The normalized spacial score (nSPS) is 19.0. The van der Waals surface area contributed by atoms with Crippen molar-refractivity contribution in [3.63, 3.8) is 0 Å². The summed E-state index contributed by atoms with van der Waals surface area (Å²) in [6.45, 7) is 6.82. The molecule has 0 spiro atoms. The first kappa shape index (κ1) is 15.1. The summed E-state index contributed by atoms with van der Waals surface area (Å²) in [5.74, 6) is 0.657. The molecule has 0 N–H and O–H groups in total. The molecular weight excluding hydrogens is 276 g/mol. The van der Waals surface area contributed by atoms with Crippen molar-refractivity contribution in [3.8, 4) is 0 Å². The Hall–Kier alpha value is -1.84. The van der Waals surface area contributed by atoms with Crippen LogP contribution in [-0.2, 0) is 4.79 Å². The van der Waals surface area contributed by atoms with E-state index in [-0.39, 0.29) is 11.8 Å². The van der Waals surface area contributed by atoms with Crippen molar-refractivity contribution < 1.29 is 9.59 Å². The van der Waals surface area contributed by atoms with Gasteiger partial charge in [-0.3, -0.25) is 9.59 Å². The summed E-state index contributed by atoms with van der Waals surface area (Å²) in [4.78, 5) is 28.8. The Kier molecular flexibility index (Phi) is 4.19. The monoisotopic (exact) mass is 300 g/mol. The maximum atomic E-state index is 12.8. The van der Waals surface area contributed by atoms with Crippen LogP contribution in [0.4, 0.5) is 0 Å². The van der Waals surface area contributed by atoms with Crippen LogP contribution in [0.25, 0.3) is 0 Å². The Bertz CT molecular complexity index is 593. The predicted octanol–water partition coefficient (Wildman–Crippen LogP) is 2.39. The fraction of sp³-hybridized carbons (Fsp3) is 0.556. The summed E-state index contributed by atoms with van der Waals surface area (Å²) in [5, 5.41) is 0. The summed E-state index contributed by atoms with van der Waals surface area (Å²) in [6, 6.07) is 6.00. The van der Waals surface area contributed by atoms with Gasteiger partial charge in [0.05, 0.1) is 0 Å². The van der Waals surface area contributed by atoms with Crippen molar-refractivity contribution in [2.24, 2.45) is 5.92 Å². The lowest BCUT2D eigenvalue weighted by Gasteiger charge is -2.23. The number of hydrogen-bond donors (Lipinski definition) is 0. The number of nitrogens with zero attached hydrogens (tertiary/aromatic N) is 2. The lowest BCUT2D eigenvalue weighted by atomic mass is 10.0. The molecule has 1 heterocycles. The molecule has 118 valence electrons. The van der Waals surface area contributed by atoms with Crippen LogP contribution in [0.2, 0.25) is 0 Å². The minimum Gasteiger partial charge on any atom is -0.341 e. The van der Waals surface area contributed by atoms with Gasteiger partial charge in [-0.05, 0) is 44.7 Å². The molecule has 1 aromatic rings. The molecule has 0 atom stereocenters. The molecule has 1 saturated carbocycles. The average Bonchev–Trinajstić information content (AvgIpc) is 3.34. The first-order valence-corrected chi connectivity index (χ1v) is 8.21. The molecule has 0 bridgehead atoms. The van der Waals surface area contributed by atoms with E-state index in [1.807, 2.05) is 41.8 Å². The van der Waals surface area contributed by atoms with E-state index in [1.54, 1.807) is 0 Å². The van der Waals surface area contributed by atoms with Crippen LogP contribution in [0, 0.1) is 19.8 Å². The molecular formula is C18H24N2O2. The highest BCUT2D eigenvalue weighted by Gasteiger charge is 2.34. The molecule has 0 unspecified atom stereocenters. The third-order valence-electron chi connectivity index (χ3n) is 4.64.